The number of rotatable bonds is 1. The molecule has 0 fully saturated rings. The Bertz CT molecular complexity index is 1160. The van der Waals surface area contributed by atoms with Crippen molar-refractivity contribution < 1.29 is 19.1 Å². The number of hydrogen-bond acceptors (Lipinski definition) is 7. The minimum Gasteiger partial charge on any atom is -0.465 e. The fourth-order valence-corrected chi connectivity index (χ4v) is 3.75. The molecular formula is C17H14N4O6. The van der Waals surface area contributed by atoms with Crippen LogP contribution in [0.2, 0.25) is 0 Å². The number of ether oxygens (including phenoxy) is 2. The van der Waals surface area contributed by atoms with Gasteiger partial charge in [-0.15, -0.1) is 0 Å². The van der Waals surface area contributed by atoms with Crippen LogP contribution >= 0.6 is 0 Å². The third-order valence-electron chi connectivity index (χ3n) is 4.80. The van der Waals surface area contributed by atoms with Crippen LogP contribution in [0.25, 0.3) is 0 Å². The third-order valence-corrected chi connectivity index (χ3v) is 4.80. The lowest BCUT2D eigenvalue weighted by Crippen LogP contribution is -2.51. The molecule has 10 nitrogen and oxygen atoms in total. The highest BCUT2D eigenvalue weighted by Crippen LogP contribution is 2.53. The summed E-state index contributed by atoms with van der Waals surface area (Å²) in [4.78, 5) is 56.2. The average molecular weight is 370 g/mol. The SMILES string of the molecule is COC(=O)C1=C(N)Oc2[nH]c(=O)[nH]c(=O)c2C12C(=O)N(C)c1ccccc12. The van der Waals surface area contributed by atoms with Crippen molar-refractivity contribution in [1.82, 2.24) is 9.97 Å². The number of carbonyl (C=O) groups excluding carboxylic acids is 2. The number of aromatic nitrogens is 2. The molecule has 2 aromatic rings. The number of benzene rings is 1. The van der Waals surface area contributed by atoms with Crippen LogP contribution in [-0.4, -0.2) is 36.0 Å². The van der Waals surface area contributed by atoms with Crippen LogP contribution in [0.5, 0.6) is 5.88 Å². The number of H-pyrrole nitrogens is 2. The molecular weight excluding hydrogens is 356 g/mol. The van der Waals surface area contributed by atoms with Gasteiger partial charge in [0.1, 0.15) is 16.6 Å². The molecule has 0 saturated heterocycles. The number of nitrogens with two attached hydrogens (primary N) is 1. The molecule has 2 aliphatic rings. The summed E-state index contributed by atoms with van der Waals surface area (Å²) in [6, 6.07) is 6.64. The number of aromatic amines is 2. The number of esters is 1. The molecule has 1 atom stereocenters. The highest BCUT2D eigenvalue weighted by atomic mass is 16.5. The maximum absolute atomic E-state index is 13.4. The van der Waals surface area contributed by atoms with Gasteiger partial charge in [0.2, 0.25) is 17.7 Å². The molecule has 1 spiro atoms. The van der Waals surface area contributed by atoms with Crippen LogP contribution in [0.15, 0.2) is 45.3 Å². The van der Waals surface area contributed by atoms with Crippen molar-refractivity contribution in [3.05, 3.63) is 67.7 Å². The van der Waals surface area contributed by atoms with Gasteiger partial charge in [-0.2, -0.15) is 0 Å². The van der Waals surface area contributed by atoms with E-state index in [-0.39, 0.29) is 17.0 Å². The normalized spacial score (nSPS) is 20.4. The number of nitrogens with one attached hydrogen (secondary N) is 2. The standard InChI is InChI=1S/C17H14N4O6/c1-21-8-6-4-3-5-7(8)17(15(21)24)9(14(23)26-2)11(18)27-13-10(17)12(22)19-16(25)20-13/h3-6H,18H2,1-2H3,(H2,19,20,22,25). The number of nitrogens with zero attached hydrogens (tertiary/aromatic N) is 1. The third kappa shape index (κ3) is 1.89. The number of fused-ring (bicyclic) bond motifs is 4. The van der Waals surface area contributed by atoms with E-state index < -0.39 is 34.4 Å². The van der Waals surface area contributed by atoms with E-state index >= 15 is 0 Å². The first-order valence-corrected chi connectivity index (χ1v) is 7.85. The predicted octanol–water partition coefficient (Wildman–Crippen LogP) is -0.939. The zero-order chi connectivity index (χ0) is 19.5. The van der Waals surface area contributed by atoms with Crippen molar-refractivity contribution in [2.75, 3.05) is 19.1 Å². The molecule has 4 rings (SSSR count). The first-order valence-electron chi connectivity index (χ1n) is 7.85. The zero-order valence-corrected chi connectivity index (χ0v) is 14.3. The molecule has 138 valence electrons. The Morgan fingerprint density at radius 1 is 1.22 bits per heavy atom. The number of carbonyl (C=O) groups is 2. The molecule has 3 heterocycles. The van der Waals surface area contributed by atoms with Crippen LogP contribution in [0, 0.1) is 0 Å². The largest absolute Gasteiger partial charge is 0.465 e. The lowest BCUT2D eigenvalue weighted by atomic mass is 9.69. The molecule has 10 heteroatoms. The molecule has 27 heavy (non-hydrogen) atoms. The van der Waals surface area contributed by atoms with Crippen LogP contribution in [-0.2, 0) is 19.7 Å². The number of para-hydroxylation sites is 1. The minimum atomic E-state index is -1.91. The summed E-state index contributed by atoms with van der Waals surface area (Å²) in [7, 11) is 2.63. The molecule has 1 unspecified atom stereocenters. The quantitative estimate of drug-likeness (QED) is 0.549. The molecule has 1 amide bonds. The first kappa shape index (κ1) is 16.6. The van der Waals surface area contributed by atoms with Crippen molar-refractivity contribution in [3.8, 4) is 5.88 Å². The molecule has 0 saturated carbocycles. The van der Waals surface area contributed by atoms with Crippen molar-refractivity contribution in [2.24, 2.45) is 5.73 Å². The van der Waals surface area contributed by atoms with Crippen molar-refractivity contribution in [2.45, 2.75) is 5.41 Å². The molecule has 0 bridgehead atoms. The highest BCUT2D eigenvalue weighted by molar-refractivity contribution is 6.18. The van der Waals surface area contributed by atoms with Crippen molar-refractivity contribution >= 4 is 17.6 Å². The highest BCUT2D eigenvalue weighted by Gasteiger charge is 2.62. The van der Waals surface area contributed by atoms with Gasteiger partial charge in [-0.3, -0.25) is 19.6 Å². The van der Waals surface area contributed by atoms with Gasteiger partial charge in [0.05, 0.1) is 7.11 Å². The monoisotopic (exact) mass is 370 g/mol. The molecule has 4 N–H and O–H groups in total. The van der Waals surface area contributed by atoms with E-state index in [1.165, 1.54) is 11.9 Å². The molecule has 1 aromatic heterocycles. The van der Waals surface area contributed by atoms with Gasteiger partial charge in [-0.25, -0.2) is 9.59 Å². The number of hydrogen-bond donors (Lipinski definition) is 3. The van der Waals surface area contributed by atoms with Crippen LogP contribution < -0.4 is 26.6 Å². The molecule has 2 aliphatic heterocycles. The molecule has 0 radical (unpaired) electrons. The van der Waals surface area contributed by atoms with Crippen LogP contribution in [0.1, 0.15) is 11.1 Å². The zero-order valence-electron chi connectivity index (χ0n) is 14.3. The van der Waals surface area contributed by atoms with Gasteiger partial charge in [0, 0.05) is 18.3 Å². The smallest absolute Gasteiger partial charge is 0.340 e. The van der Waals surface area contributed by atoms with E-state index in [1.807, 2.05) is 0 Å². The summed E-state index contributed by atoms with van der Waals surface area (Å²) >= 11 is 0. The van der Waals surface area contributed by atoms with Crippen molar-refractivity contribution in [1.29, 1.82) is 0 Å². The second-order valence-corrected chi connectivity index (χ2v) is 6.08. The predicted molar refractivity (Wildman–Crippen MR) is 92.2 cm³/mol. The second-order valence-electron chi connectivity index (χ2n) is 6.08. The fraction of sp³-hybridized carbons (Fsp3) is 0.176. The fourth-order valence-electron chi connectivity index (χ4n) is 3.75. The number of anilines is 1. The maximum atomic E-state index is 13.4. The van der Waals surface area contributed by atoms with E-state index in [0.717, 1.165) is 7.11 Å². The van der Waals surface area contributed by atoms with Gasteiger partial charge in [-0.05, 0) is 6.07 Å². The summed E-state index contributed by atoms with van der Waals surface area (Å²) in [6.07, 6.45) is 0. The first-order chi connectivity index (χ1) is 12.8. The van der Waals surface area contributed by atoms with Crippen molar-refractivity contribution in [3.63, 3.8) is 0 Å². The topological polar surface area (TPSA) is 148 Å². The Labute approximate surface area is 151 Å². The lowest BCUT2D eigenvalue weighted by Gasteiger charge is -2.34. The summed E-state index contributed by atoms with van der Waals surface area (Å²) in [5, 5.41) is 0. The van der Waals surface area contributed by atoms with E-state index in [0.29, 0.717) is 11.3 Å². The summed E-state index contributed by atoms with van der Waals surface area (Å²) in [5.74, 6) is -2.27. The van der Waals surface area contributed by atoms with Gasteiger partial charge in [0.25, 0.3) is 5.56 Å². The van der Waals surface area contributed by atoms with E-state index in [1.54, 1.807) is 24.3 Å². The Morgan fingerprint density at radius 2 is 1.93 bits per heavy atom. The lowest BCUT2D eigenvalue weighted by molar-refractivity contribution is -0.138. The Hall–Kier alpha value is -3.82. The van der Waals surface area contributed by atoms with Crippen LogP contribution in [0.3, 0.4) is 0 Å². The Kier molecular flexibility index (Phi) is 3.29. The summed E-state index contributed by atoms with van der Waals surface area (Å²) in [5.41, 5.74) is 2.59. The van der Waals surface area contributed by atoms with Crippen LogP contribution in [0.4, 0.5) is 5.69 Å². The maximum Gasteiger partial charge on any atom is 0.340 e. The number of methoxy groups -OCH3 is 1. The minimum absolute atomic E-state index is 0.237. The molecule has 1 aromatic carbocycles. The van der Waals surface area contributed by atoms with E-state index in [9.17, 15) is 19.2 Å². The Morgan fingerprint density at radius 3 is 2.63 bits per heavy atom. The Balaban J connectivity index is 2.24. The van der Waals surface area contributed by atoms with Gasteiger partial charge in [-0.1, -0.05) is 18.2 Å². The number of amides is 1. The average Bonchev–Trinajstić information content (AvgIpc) is 2.84. The van der Waals surface area contributed by atoms with E-state index in [2.05, 4.69) is 9.97 Å². The summed E-state index contributed by atoms with van der Waals surface area (Å²) in [6.45, 7) is 0. The van der Waals surface area contributed by atoms with Gasteiger partial charge < -0.3 is 20.1 Å². The number of likely N-dealkylation sites (N-methyl/N-ethyl adjacent to an activating group) is 1. The van der Waals surface area contributed by atoms with E-state index in [4.69, 9.17) is 15.2 Å². The summed E-state index contributed by atoms with van der Waals surface area (Å²) < 4.78 is 10.1. The van der Waals surface area contributed by atoms with Gasteiger partial charge >= 0.3 is 11.7 Å². The van der Waals surface area contributed by atoms with Gasteiger partial charge in [0.15, 0.2) is 0 Å². The molecule has 0 aliphatic carbocycles. The second kappa shape index (κ2) is 5.34.